The number of rotatable bonds is 4. The van der Waals surface area contributed by atoms with Gasteiger partial charge in [-0.15, -0.1) is 11.3 Å². The molecule has 88 valence electrons. The van der Waals surface area contributed by atoms with Crippen molar-refractivity contribution >= 4 is 33.0 Å². The molecule has 1 aromatic heterocycles. The molecule has 0 bridgehead atoms. The molecule has 2 aromatic rings. The van der Waals surface area contributed by atoms with E-state index in [2.05, 4.69) is 22.9 Å². The fourth-order valence-electron chi connectivity index (χ4n) is 1.80. The van der Waals surface area contributed by atoms with E-state index >= 15 is 0 Å². The van der Waals surface area contributed by atoms with Crippen molar-refractivity contribution in [3.05, 3.63) is 56.2 Å². The molecule has 1 nitrogen and oxygen atoms in total. The second-order valence-electron chi connectivity index (χ2n) is 3.84. The number of carbonyl (C=O) groups is 1. The molecule has 1 heterocycles. The van der Waals surface area contributed by atoms with Crippen molar-refractivity contribution in [2.45, 2.75) is 19.8 Å². The van der Waals surface area contributed by atoms with Crippen molar-refractivity contribution in [2.75, 3.05) is 0 Å². The Balaban J connectivity index is 2.20. The summed E-state index contributed by atoms with van der Waals surface area (Å²) in [5.41, 5.74) is 1.99. The quantitative estimate of drug-likeness (QED) is 0.760. The van der Waals surface area contributed by atoms with Crippen molar-refractivity contribution in [2.24, 2.45) is 0 Å². The van der Waals surface area contributed by atoms with E-state index in [1.165, 1.54) is 0 Å². The smallest absolute Gasteiger partial charge is 0.168 e. The van der Waals surface area contributed by atoms with Crippen LogP contribution in [0.1, 0.15) is 27.7 Å². The molecule has 0 saturated carbocycles. The van der Waals surface area contributed by atoms with E-state index in [0.717, 1.165) is 26.9 Å². The summed E-state index contributed by atoms with van der Waals surface area (Å²) in [5, 5.41) is 2.01. The van der Waals surface area contributed by atoms with E-state index in [9.17, 15) is 4.79 Å². The van der Waals surface area contributed by atoms with Crippen LogP contribution in [0, 0.1) is 0 Å². The maximum absolute atomic E-state index is 12.2. The summed E-state index contributed by atoms with van der Waals surface area (Å²) < 4.78 is 1.05. The first kappa shape index (κ1) is 12.5. The van der Waals surface area contributed by atoms with Gasteiger partial charge in [0.15, 0.2) is 5.78 Å². The highest BCUT2D eigenvalue weighted by atomic mass is 79.9. The first-order chi connectivity index (χ1) is 8.20. The molecule has 0 aliphatic carbocycles. The maximum atomic E-state index is 12.2. The number of thiophene rings is 1. The lowest BCUT2D eigenvalue weighted by molar-refractivity contribution is 0.0993. The molecular weight excluding hydrogens is 296 g/mol. The Morgan fingerprint density at radius 3 is 2.76 bits per heavy atom. The minimum Gasteiger partial charge on any atom is -0.294 e. The van der Waals surface area contributed by atoms with Crippen LogP contribution < -0.4 is 0 Å². The predicted octanol–water partition coefficient (Wildman–Crippen LogP) is 4.50. The largest absolute Gasteiger partial charge is 0.294 e. The zero-order chi connectivity index (χ0) is 12.3. The molecule has 3 heteroatoms. The van der Waals surface area contributed by atoms with Crippen molar-refractivity contribution in [3.8, 4) is 0 Å². The van der Waals surface area contributed by atoms with Crippen LogP contribution in [0.5, 0.6) is 0 Å². The molecule has 0 aliphatic heterocycles. The molecule has 0 unspecified atom stereocenters. The fourth-order valence-corrected chi connectivity index (χ4v) is 3.25. The monoisotopic (exact) mass is 308 g/mol. The number of hydrogen-bond donors (Lipinski definition) is 0. The minimum absolute atomic E-state index is 0.205. The average molecular weight is 309 g/mol. The molecule has 0 saturated heterocycles. The molecule has 0 spiro atoms. The highest BCUT2D eigenvalue weighted by Gasteiger charge is 2.11. The van der Waals surface area contributed by atoms with Gasteiger partial charge in [-0.3, -0.25) is 4.79 Å². The number of ketones is 1. The van der Waals surface area contributed by atoms with Crippen molar-refractivity contribution in [3.63, 3.8) is 0 Å². The highest BCUT2D eigenvalue weighted by molar-refractivity contribution is 9.10. The minimum atomic E-state index is 0.205. The van der Waals surface area contributed by atoms with E-state index in [1.54, 1.807) is 11.3 Å². The van der Waals surface area contributed by atoms with Crippen LogP contribution >= 0.6 is 27.3 Å². The van der Waals surface area contributed by atoms with E-state index in [1.807, 2.05) is 35.7 Å². The summed E-state index contributed by atoms with van der Waals surface area (Å²) in [6.07, 6.45) is 1.39. The standard InChI is InChI=1S/C14H13BrOS/c1-2-10-5-3-4-6-13(10)14(16)8-12-7-11(15)9-17-12/h3-7,9H,2,8H2,1H3. The van der Waals surface area contributed by atoms with Crippen LogP contribution in [0.3, 0.4) is 0 Å². The van der Waals surface area contributed by atoms with Crippen LogP contribution in [-0.2, 0) is 12.8 Å². The topological polar surface area (TPSA) is 17.1 Å². The Morgan fingerprint density at radius 1 is 1.35 bits per heavy atom. The molecule has 0 amide bonds. The van der Waals surface area contributed by atoms with E-state index < -0.39 is 0 Å². The van der Waals surface area contributed by atoms with Gasteiger partial charge < -0.3 is 0 Å². The molecule has 2 rings (SSSR count). The van der Waals surface area contributed by atoms with E-state index in [-0.39, 0.29) is 5.78 Å². The van der Waals surface area contributed by atoms with Gasteiger partial charge in [0.25, 0.3) is 0 Å². The Labute approximate surface area is 114 Å². The first-order valence-corrected chi connectivity index (χ1v) is 7.22. The average Bonchev–Trinajstić information content (AvgIpc) is 2.74. The van der Waals surface area contributed by atoms with Gasteiger partial charge in [-0.2, -0.15) is 0 Å². The molecule has 17 heavy (non-hydrogen) atoms. The number of aryl methyl sites for hydroxylation is 1. The molecule has 1 aromatic carbocycles. The van der Waals surface area contributed by atoms with E-state index in [0.29, 0.717) is 6.42 Å². The zero-order valence-corrected chi connectivity index (χ0v) is 12.0. The van der Waals surface area contributed by atoms with E-state index in [4.69, 9.17) is 0 Å². The zero-order valence-electron chi connectivity index (χ0n) is 9.57. The summed E-state index contributed by atoms with van der Waals surface area (Å²) in [7, 11) is 0. The fraction of sp³-hybridized carbons (Fsp3) is 0.214. The van der Waals surface area contributed by atoms with Gasteiger partial charge in [-0.05, 0) is 34.0 Å². The van der Waals surface area contributed by atoms with Crippen LogP contribution in [0.2, 0.25) is 0 Å². The SMILES string of the molecule is CCc1ccccc1C(=O)Cc1cc(Br)cs1. The van der Waals surface area contributed by atoms with Gasteiger partial charge in [0.1, 0.15) is 0 Å². The van der Waals surface area contributed by atoms with Gasteiger partial charge >= 0.3 is 0 Å². The number of benzene rings is 1. The maximum Gasteiger partial charge on any atom is 0.168 e. The third kappa shape index (κ3) is 3.05. The number of halogens is 1. The molecule has 0 fully saturated rings. The summed E-state index contributed by atoms with van der Waals surface area (Å²) in [6.45, 7) is 2.08. The third-order valence-corrected chi connectivity index (χ3v) is 4.35. The van der Waals surface area contributed by atoms with Gasteiger partial charge in [0, 0.05) is 26.7 Å². The van der Waals surface area contributed by atoms with Gasteiger partial charge in [0.05, 0.1) is 0 Å². The predicted molar refractivity (Wildman–Crippen MR) is 75.9 cm³/mol. The molecular formula is C14H13BrOS. The summed E-state index contributed by atoms with van der Waals surface area (Å²) in [5.74, 6) is 0.205. The Morgan fingerprint density at radius 2 is 2.12 bits per heavy atom. The Kier molecular flexibility index (Phi) is 4.13. The summed E-state index contributed by atoms with van der Waals surface area (Å²) >= 11 is 5.02. The number of hydrogen-bond acceptors (Lipinski definition) is 2. The first-order valence-electron chi connectivity index (χ1n) is 5.54. The molecule has 0 atom stereocenters. The lowest BCUT2D eigenvalue weighted by Gasteiger charge is -2.05. The second kappa shape index (κ2) is 5.61. The van der Waals surface area contributed by atoms with Crippen LogP contribution in [0.25, 0.3) is 0 Å². The summed E-state index contributed by atoms with van der Waals surface area (Å²) in [4.78, 5) is 13.3. The van der Waals surface area contributed by atoms with Crippen LogP contribution in [-0.4, -0.2) is 5.78 Å². The number of Topliss-reactive ketones (excluding diaryl/α,β-unsaturated/α-hetero) is 1. The molecule has 0 N–H and O–H groups in total. The second-order valence-corrected chi connectivity index (χ2v) is 5.75. The number of carbonyl (C=O) groups excluding carboxylic acids is 1. The van der Waals surface area contributed by atoms with Crippen molar-refractivity contribution < 1.29 is 4.79 Å². The van der Waals surface area contributed by atoms with Crippen LogP contribution in [0.4, 0.5) is 0 Å². The highest BCUT2D eigenvalue weighted by Crippen LogP contribution is 2.22. The molecule has 0 aliphatic rings. The normalized spacial score (nSPS) is 10.5. The third-order valence-electron chi connectivity index (χ3n) is 2.66. The van der Waals surface area contributed by atoms with Crippen molar-refractivity contribution in [1.82, 2.24) is 0 Å². The summed E-state index contributed by atoms with van der Waals surface area (Å²) in [6, 6.07) is 9.87. The Hall–Kier alpha value is -0.930. The van der Waals surface area contributed by atoms with Gasteiger partial charge in [-0.25, -0.2) is 0 Å². The van der Waals surface area contributed by atoms with Crippen molar-refractivity contribution in [1.29, 1.82) is 0 Å². The van der Waals surface area contributed by atoms with Gasteiger partial charge in [0.2, 0.25) is 0 Å². The van der Waals surface area contributed by atoms with Crippen LogP contribution in [0.15, 0.2) is 40.2 Å². The van der Waals surface area contributed by atoms with Gasteiger partial charge in [-0.1, -0.05) is 31.2 Å². The lowest BCUT2D eigenvalue weighted by Crippen LogP contribution is -2.05. The molecule has 0 radical (unpaired) electrons. The Bertz CT molecular complexity index is 531. The lowest BCUT2D eigenvalue weighted by atomic mass is 9.99.